The molecule has 0 unspecified atom stereocenters. The average Bonchev–Trinajstić information content (AvgIpc) is 1.89. The first-order valence-corrected chi connectivity index (χ1v) is 4.26. The van der Waals surface area contributed by atoms with Gasteiger partial charge in [0, 0.05) is 0 Å². The summed E-state index contributed by atoms with van der Waals surface area (Å²) in [6.45, 7) is 5.81. The zero-order valence-electron chi connectivity index (χ0n) is 6.64. The highest BCUT2D eigenvalue weighted by Crippen LogP contribution is 2.11. The summed E-state index contributed by atoms with van der Waals surface area (Å²) in [4.78, 5) is 1.14. The summed E-state index contributed by atoms with van der Waals surface area (Å²) < 4.78 is 0. The van der Waals surface area contributed by atoms with Crippen molar-refractivity contribution in [1.29, 1.82) is 0 Å². The van der Waals surface area contributed by atoms with Crippen molar-refractivity contribution in [3.8, 4) is 0 Å². The summed E-state index contributed by atoms with van der Waals surface area (Å²) in [7, 11) is 0. The second kappa shape index (κ2) is 6.94. The molecule has 0 saturated heterocycles. The summed E-state index contributed by atoms with van der Waals surface area (Å²) >= 11 is 4.27. The number of hydrogen-bond donors (Lipinski definition) is 1. The molecule has 0 radical (unpaired) electrons. The lowest BCUT2D eigenvalue weighted by Crippen LogP contribution is -1.74. The Morgan fingerprint density at radius 1 is 1.50 bits per heavy atom. The number of rotatable bonds is 5. The first-order valence-electron chi connectivity index (χ1n) is 3.81. The largest absolute Gasteiger partial charge is 0.148 e. The Bertz CT molecular complexity index is 114. The molecule has 0 aliphatic rings. The van der Waals surface area contributed by atoms with Crippen molar-refractivity contribution in [2.75, 3.05) is 0 Å². The Balaban J connectivity index is 3.29. The smallest absolute Gasteiger partial charge is 0.0184 e. The third-order valence-electron chi connectivity index (χ3n) is 1.35. The van der Waals surface area contributed by atoms with Crippen LogP contribution in [0.25, 0.3) is 0 Å². The second-order valence-electron chi connectivity index (χ2n) is 2.35. The summed E-state index contributed by atoms with van der Waals surface area (Å²) in [5.74, 6) is 0. The average molecular weight is 156 g/mol. The molecule has 0 heterocycles. The van der Waals surface area contributed by atoms with Crippen molar-refractivity contribution in [2.45, 2.75) is 32.6 Å². The first kappa shape index (κ1) is 9.83. The molecule has 0 atom stereocenters. The van der Waals surface area contributed by atoms with Gasteiger partial charge >= 0.3 is 0 Å². The summed E-state index contributed by atoms with van der Waals surface area (Å²) in [5.41, 5.74) is 0. The van der Waals surface area contributed by atoms with E-state index in [9.17, 15) is 0 Å². The fraction of sp³-hybridized carbons (Fsp3) is 0.556. The molecular formula is C9H16S. The Labute approximate surface area is 69.4 Å². The first-order chi connectivity index (χ1) is 4.81. The van der Waals surface area contributed by atoms with E-state index in [0.29, 0.717) is 0 Å². The van der Waals surface area contributed by atoms with Crippen LogP contribution in [0.5, 0.6) is 0 Å². The van der Waals surface area contributed by atoms with Crippen molar-refractivity contribution in [1.82, 2.24) is 0 Å². The van der Waals surface area contributed by atoms with Crippen molar-refractivity contribution >= 4 is 12.6 Å². The molecule has 0 saturated carbocycles. The van der Waals surface area contributed by atoms with E-state index in [1.807, 2.05) is 6.08 Å². The minimum absolute atomic E-state index is 1.10. The van der Waals surface area contributed by atoms with Crippen LogP contribution < -0.4 is 0 Å². The zero-order chi connectivity index (χ0) is 7.82. The zero-order valence-corrected chi connectivity index (χ0v) is 7.53. The highest BCUT2D eigenvalue weighted by atomic mass is 32.1. The minimum atomic E-state index is 1.10. The number of thiol groups is 1. The van der Waals surface area contributed by atoms with Gasteiger partial charge in [0.15, 0.2) is 0 Å². The van der Waals surface area contributed by atoms with E-state index in [2.05, 4.69) is 26.1 Å². The van der Waals surface area contributed by atoms with Crippen molar-refractivity contribution < 1.29 is 0 Å². The van der Waals surface area contributed by atoms with Crippen LogP contribution in [0.2, 0.25) is 0 Å². The van der Waals surface area contributed by atoms with Crippen LogP contribution >= 0.6 is 12.6 Å². The maximum absolute atomic E-state index is 4.27. The quantitative estimate of drug-likeness (QED) is 0.351. The molecule has 58 valence electrons. The molecule has 0 bridgehead atoms. The van der Waals surface area contributed by atoms with Gasteiger partial charge in [-0.2, -0.15) is 0 Å². The van der Waals surface area contributed by atoms with Crippen LogP contribution in [-0.2, 0) is 0 Å². The molecule has 0 N–H and O–H groups in total. The summed E-state index contributed by atoms with van der Waals surface area (Å²) in [5, 5.41) is 0. The predicted octanol–water partition coefficient (Wildman–Crippen LogP) is 3.57. The lowest BCUT2D eigenvalue weighted by Gasteiger charge is -1.96. The van der Waals surface area contributed by atoms with Gasteiger partial charge in [0.2, 0.25) is 0 Å². The van der Waals surface area contributed by atoms with Gasteiger partial charge in [-0.15, -0.1) is 12.6 Å². The van der Waals surface area contributed by atoms with Crippen LogP contribution in [-0.4, -0.2) is 0 Å². The molecule has 0 fully saturated rings. The normalized spacial score (nSPS) is 11.6. The van der Waals surface area contributed by atoms with Gasteiger partial charge < -0.3 is 0 Å². The van der Waals surface area contributed by atoms with Crippen LogP contribution in [0.1, 0.15) is 32.6 Å². The third kappa shape index (κ3) is 5.96. The van der Waals surface area contributed by atoms with Crippen LogP contribution in [0.15, 0.2) is 23.6 Å². The maximum Gasteiger partial charge on any atom is -0.0184 e. The number of unbranched alkanes of at least 4 members (excludes halogenated alkanes) is 2. The molecular weight excluding hydrogens is 140 g/mol. The van der Waals surface area contributed by atoms with Gasteiger partial charge in [-0.3, -0.25) is 0 Å². The molecule has 0 aromatic rings. The fourth-order valence-electron chi connectivity index (χ4n) is 0.775. The SMILES string of the molecule is C=C/C=C(\S)CCCCC. The lowest BCUT2D eigenvalue weighted by molar-refractivity contribution is 0.726. The van der Waals surface area contributed by atoms with Gasteiger partial charge in [0.25, 0.3) is 0 Å². The van der Waals surface area contributed by atoms with Crippen molar-refractivity contribution in [3.05, 3.63) is 23.6 Å². The molecule has 0 aromatic heterocycles. The second-order valence-corrected chi connectivity index (χ2v) is 2.93. The fourth-order valence-corrected chi connectivity index (χ4v) is 1.04. The Kier molecular flexibility index (Phi) is 6.83. The molecule has 0 aliphatic carbocycles. The molecule has 1 heteroatoms. The van der Waals surface area contributed by atoms with E-state index in [1.54, 1.807) is 6.08 Å². The third-order valence-corrected chi connectivity index (χ3v) is 1.72. The maximum atomic E-state index is 4.27. The van der Waals surface area contributed by atoms with E-state index >= 15 is 0 Å². The molecule has 0 amide bonds. The summed E-state index contributed by atoms with van der Waals surface area (Å²) in [6.07, 6.45) is 8.67. The molecule has 10 heavy (non-hydrogen) atoms. The van der Waals surface area contributed by atoms with E-state index < -0.39 is 0 Å². The molecule has 0 nitrogen and oxygen atoms in total. The van der Waals surface area contributed by atoms with E-state index in [4.69, 9.17) is 0 Å². The van der Waals surface area contributed by atoms with Crippen molar-refractivity contribution in [3.63, 3.8) is 0 Å². The van der Waals surface area contributed by atoms with Gasteiger partial charge in [-0.25, -0.2) is 0 Å². The summed E-state index contributed by atoms with van der Waals surface area (Å²) in [6, 6.07) is 0. The Hall–Kier alpha value is -0.170. The van der Waals surface area contributed by atoms with Gasteiger partial charge in [-0.1, -0.05) is 38.5 Å². The Morgan fingerprint density at radius 2 is 2.20 bits per heavy atom. The Morgan fingerprint density at radius 3 is 2.70 bits per heavy atom. The van der Waals surface area contributed by atoms with Gasteiger partial charge in [0.1, 0.15) is 0 Å². The van der Waals surface area contributed by atoms with Crippen LogP contribution in [0.4, 0.5) is 0 Å². The van der Waals surface area contributed by atoms with Gasteiger partial charge in [0.05, 0.1) is 0 Å². The molecule has 0 aromatic carbocycles. The standard InChI is InChI=1S/C9H16S/c1-3-5-6-8-9(10)7-4-2/h4,7,10H,2-3,5-6,8H2,1H3/b9-7-. The van der Waals surface area contributed by atoms with E-state index in [-0.39, 0.29) is 0 Å². The monoisotopic (exact) mass is 156 g/mol. The molecule has 0 rings (SSSR count). The van der Waals surface area contributed by atoms with Crippen LogP contribution in [0.3, 0.4) is 0 Å². The number of hydrogen-bond acceptors (Lipinski definition) is 1. The minimum Gasteiger partial charge on any atom is -0.148 e. The highest BCUT2D eigenvalue weighted by Gasteiger charge is 1.88. The van der Waals surface area contributed by atoms with Crippen molar-refractivity contribution in [2.24, 2.45) is 0 Å². The highest BCUT2D eigenvalue weighted by molar-refractivity contribution is 7.84. The molecule has 0 aliphatic heterocycles. The van der Waals surface area contributed by atoms with Crippen LogP contribution in [0, 0.1) is 0 Å². The predicted molar refractivity (Wildman–Crippen MR) is 51.4 cm³/mol. The molecule has 0 spiro atoms. The van der Waals surface area contributed by atoms with E-state index in [1.165, 1.54) is 19.3 Å². The number of allylic oxidation sites excluding steroid dienone is 3. The topological polar surface area (TPSA) is 0 Å². The van der Waals surface area contributed by atoms with Gasteiger partial charge in [-0.05, 0) is 17.7 Å². The lowest BCUT2D eigenvalue weighted by atomic mass is 10.2. The van der Waals surface area contributed by atoms with E-state index in [0.717, 1.165) is 11.3 Å².